The molecule has 0 unspecified atom stereocenters. The summed E-state index contributed by atoms with van der Waals surface area (Å²) in [4.78, 5) is 21.6. The molecule has 0 aliphatic carbocycles. The van der Waals surface area contributed by atoms with Gasteiger partial charge in [0.05, 0.1) is 0 Å². The van der Waals surface area contributed by atoms with Crippen LogP contribution in [0.15, 0.2) is 12.1 Å². The summed E-state index contributed by atoms with van der Waals surface area (Å²) in [6.07, 6.45) is 0. The normalized spacial score (nSPS) is 9.88. The van der Waals surface area contributed by atoms with Crippen molar-refractivity contribution in [3.05, 3.63) is 35.1 Å². The number of nitrogens with one attached hydrogen (secondary N) is 2. The maximum Gasteiger partial charge on any atom is 0.323 e. The van der Waals surface area contributed by atoms with E-state index < -0.39 is 29.3 Å². The molecule has 1 rings (SSSR count). The van der Waals surface area contributed by atoms with Crippen molar-refractivity contribution < 1.29 is 22.8 Å². The second-order valence-corrected chi connectivity index (χ2v) is 3.03. The highest BCUT2D eigenvalue weighted by molar-refractivity contribution is 6.34. The van der Waals surface area contributed by atoms with Crippen LogP contribution in [0.1, 0.15) is 5.56 Å². The summed E-state index contributed by atoms with van der Waals surface area (Å²) in [5.74, 6) is -1.85. The van der Waals surface area contributed by atoms with Crippen LogP contribution in [0.3, 0.4) is 0 Å². The molecule has 4 N–H and O–H groups in total. The van der Waals surface area contributed by atoms with Crippen molar-refractivity contribution >= 4 is 11.8 Å². The summed E-state index contributed by atoms with van der Waals surface area (Å²) in [6.45, 7) is -0.333. The summed E-state index contributed by atoms with van der Waals surface area (Å²) in [6, 6.07) is 1.41. The number of hydrazine groups is 1. The lowest BCUT2D eigenvalue weighted by Crippen LogP contribution is -2.42. The van der Waals surface area contributed by atoms with Gasteiger partial charge in [-0.1, -0.05) is 0 Å². The minimum atomic E-state index is -1.60. The van der Waals surface area contributed by atoms with Crippen molar-refractivity contribution in [2.24, 2.45) is 5.84 Å². The first-order valence-electron chi connectivity index (χ1n) is 4.38. The van der Waals surface area contributed by atoms with E-state index in [1.807, 2.05) is 5.32 Å². The molecule has 1 aromatic rings. The number of benzene rings is 1. The topological polar surface area (TPSA) is 84.2 Å². The third kappa shape index (κ3) is 3.18. The Balaban J connectivity index is 2.71. The zero-order chi connectivity index (χ0) is 13.0. The Morgan fingerprint density at radius 3 is 2.12 bits per heavy atom. The summed E-state index contributed by atoms with van der Waals surface area (Å²) in [5.41, 5.74) is 1.55. The zero-order valence-corrected chi connectivity index (χ0v) is 8.39. The highest BCUT2D eigenvalue weighted by Crippen LogP contribution is 2.13. The standard InChI is InChI=1S/C9H8F3N3O2/c10-5-1-4(2-6(11)7(5)12)3-14-8(16)9(17)15-13/h1-2H,3,13H2,(H,14,16)(H,15,17). The molecule has 0 saturated carbocycles. The molecule has 8 heteroatoms. The third-order valence-corrected chi connectivity index (χ3v) is 1.83. The number of halogens is 3. The monoisotopic (exact) mass is 247 g/mol. The van der Waals surface area contributed by atoms with Crippen molar-refractivity contribution in [3.63, 3.8) is 0 Å². The van der Waals surface area contributed by atoms with Crippen molar-refractivity contribution in [2.45, 2.75) is 6.54 Å². The fourth-order valence-corrected chi connectivity index (χ4v) is 1.04. The second-order valence-electron chi connectivity index (χ2n) is 3.03. The molecule has 17 heavy (non-hydrogen) atoms. The van der Waals surface area contributed by atoms with Crippen molar-refractivity contribution in [2.75, 3.05) is 0 Å². The van der Waals surface area contributed by atoms with E-state index >= 15 is 0 Å². The van der Waals surface area contributed by atoms with Gasteiger partial charge >= 0.3 is 11.8 Å². The Morgan fingerprint density at radius 2 is 1.65 bits per heavy atom. The molecule has 0 aliphatic rings. The molecule has 2 amide bonds. The summed E-state index contributed by atoms with van der Waals surface area (Å²) in [7, 11) is 0. The number of carbonyl (C=O) groups is 2. The van der Waals surface area contributed by atoms with Crippen LogP contribution in [0.4, 0.5) is 13.2 Å². The minimum absolute atomic E-state index is 0.0282. The third-order valence-electron chi connectivity index (χ3n) is 1.83. The van der Waals surface area contributed by atoms with Crippen molar-refractivity contribution in [1.29, 1.82) is 0 Å². The Kier molecular flexibility index (Phi) is 4.05. The predicted molar refractivity (Wildman–Crippen MR) is 50.5 cm³/mol. The summed E-state index contributed by atoms with van der Waals surface area (Å²) >= 11 is 0. The van der Waals surface area contributed by atoms with Crippen molar-refractivity contribution in [1.82, 2.24) is 10.7 Å². The SMILES string of the molecule is NNC(=O)C(=O)NCc1cc(F)c(F)c(F)c1. The molecular weight excluding hydrogens is 239 g/mol. The van der Waals surface area contributed by atoms with Gasteiger partial charge in [-0.3, -0.25) is 15.0 Å². The first-order valence-corrected chi connectivity index (χ1v) is 4.38. The van der Waals surface area contributed by atoms with E-state index in [9.17, 15) is 22.8 Å². The molecule has 0 spiro atoms. The van der Waals surface area contributed by atoms with Gasteiger partial charge in [0.15, 0.2) is 17.5 Å². The van der Waals surface area contributed by atoms with Crippen LogP contribution in [0.5, 0.6) is 0 Å². The van der Waals surface area contributed by atoms with Gasteiger partial charge < -0.3 is 5.32 Å². The van der Waals surface area contributed by atoms with Crippen LogP contribution >= 0.6 is 0 Å². The van der Waals surface area contributed by atoms with E-state index in [-0.39, 0.29) is 12.1 Å². The van der Waals surface area contributed by atoms with Gasteiger partial charge in [0, 0.05) is 6.54 Å². The van der Waals surface area contributed by atoms with Gasteiger partial charge in [0.25, 0.3) is 0 Å². The first-order chi connectivity index (χ1) is 7.95. The minimum Gasteiger partial charge on any atom is -0.344 e. The first kappa shape index (κ1) is 13.0. The summed E-state index contributed by atoms with van der Waals surface area (Å²) < 4.78 is 38.1. The van der Waals surface area contributed by atoms with Crippen LogP contribution in [-0.4, -0.2) is 11.8 Å². The van der Waals surface area contributed by atoms with E-state index in [2.05, 4.69) is 5.84 Å². The Morgan fingerprint density at radius 1 is 1.12 bits per heavy atom. The van der Waals surface area contributed by atoms with Crippen LogP contribution in [0.25, 0.3) is 0 Å². The Hall–Kier alpha value is -2.09. The molecule has 5 nitrogen and oxygen atoms in total. The largest absolute Gasteiger partial charge is 0.344 e. The summed E-state index contributed by atoms with van der Waals surface area (Å²) in [5, 5.41) is 2.04. The average molecular weight is 247 g/mol. The fraction of sp³-hybridized carbons (Fsp3) is 0.111. The van der Waals surface area contributed by atoms with E-state index in [1.165, 1.54) is 0 Å². The molecule has 0 fully saturated rings. The molecule has 92 valence electrons. The van der Waals surface area contributed by atoms with Crippen LogP contribution in [0.2, 0.25) is 0 Å². The highest BCUT2D eigenvalue weighted by atomic mass is 19.2. The Labute approximate surface area is 93.8 Å². The van der Waals surface area contributed by atoms with E-state index in [4.69, 9.17) is 0 Å². The van der Waals surface area contributed by atoms with E-state index in [0.29, 0.717) is 12.1 Å². The van der Waals surface area contributed by atoms with Crippen LogP contribution in [-0.2, 0) is 16.1 Å². The molecule has 0 saturated heterocycles. The molecule has 0 bridgehead atoms. The molecule has 0 radical (unpaired) electrons. The van der Waals surface area contributed by atoms with Crippen LogP contribution in [0, 0.1) is 17.5 Å². The lowest BCUT2D eigenvalue weighted by atomic mass is 10.2. The smallest absolute Gasteiger partial charge is 0.323 e. The second kappa shape index (κ2) is 5.30. The molecule has 1 aromatic carbocycles. The lowest BCUT2D eigenvalue weighted by Gasteiger charge is -2.05. The predicted octanol–water partition coefficient (Wildman–Crippen LogP) is -0.290. The van der Waals surface area contributed by atoms with E-state index in [0.717, 1.165) is 0 Å². The highest BCUT2D eigenvalue weighted by Gasteiger charge is 2.13. The number of hydrogen-bond acceptors (Lipinski definition) is 3. The van der Waals surface area contributed by atoms with Gasteiger partial charge in [-0.25, -0.2) is 19.0 Å². The number of rotatable bonds is 2. The van der Waals surface area contributed by atoms with E-state index in [1.54, 1.807) is 5.43 Å². The molecule has 0 aliphatic heterocycles. The lowest BCUT2D eigenvalue weighted by molar-refractivity contribution is -0.139. The Bertz CT molecular complexity index is 442. The van der Waals surface area contributed by atoms with Gasteiger partial charge in [-0.05, 0) is 17.7 Å². The van der Waals surface area contributed by atoms with Gasteiger partial charge in [-0.15, -0.1) is 0 Å². The number of hydrogen-bond donors (Lipinski definition) is 3. The zero-order valence-electron chi connectivity index (χ0n) is 8.39. The average Bonchev–Trinajstić information content (AvgIpc) is 2.31. The number of carbonyl (C=O) groups excluding carboxylic acids is 2. The van der Waals surface area contributed by atoms with Gasteiger partial charge in [0.1, 0.15) is 0 Å². The molecular formula is C9H8F3N3O2. The fourth-order valence-electron chi connectivity index (χ4n) is 1.04. The molecule has 0 heterocycles. The number of nitrogens with two attached hydrogens (primary N) is 1. The molecule has 0 aromatic heterocycles. The number of amides is 2. The van der Waals surface area contributed by atoms with Gasteiger partial charge in [-0.2, -0.15) is 0 Å². The van der Waals surface area contributed by atoms with Crippen molar-refractivity contribution in [3.8, 4) is 0 Å². The van der Waals surface area contributed by atoms with Gasteiger partial charge in [0.2, 0.25) is 0 Å². The maximum atomic E-state index is 12.8. The molecule has 0 atom stereocenters. The quantitative estimate of drug-likeness (QED) is 0.221. The maximum absolute atomic E-state index is 12.8. The van der Waals surface area contributed by atoms with Crippen LogP contribution < -0.4 is 16.6 Å².